The fourth-order valence-electron chi connectivity index (χ4n) is 2.38. The Bertz CT molecular complexity index is 575. The Labute approximate surface area is 161 Å². The molecule has 1 unspecified atom stereocenters. The van der Waals surface area contributed by atoms with Crippen molar-refractivity contribution in [2.75, 3.05) is 18.4 Å². The fourth-order valence-corrected chi connectivity index (χ4v) is 2.51. The Balaban J connectivity index is 2.30. The second-order valence-electron chi connectivity index (χ2n) is 7.13. The number of rotatable bonds is 10. The molecule has 7 heteroatoms. The highest BCUT2D eigenvalue weighted by Gasteiger charge is 2.20. The molecule has 1 aromatic rings. The van der Waals surface area contributed by atoms with Crippen molar-refractivity contribution in [1.29, 1.82) is 0 Å². The highest BCUT2D eigenvalue weighted by molar-refractivity contribution is 6.30. The second-order valence-corrected chi connectivity index (χ2v) is 7.57. The summed E-state index contributed by atoms with van der Waals surface area (Å²) in [7, 11) is 0. The van der Waals surface area contributed by atoms with Crippen molar-refractivity contribution < 1.29 is 9.59 Å². The molecule has 0 aliphatic rings. The van der Waals surface area contributed by atoms with Crippen molar-refractivity contribution in [3.63, 3.8) is 0 Å². The van der Waals surface area contributed by atoms with Crippen molar-refractivity contribution in [3.8, 4) is 0 Å². The number of urea groups is 1. The molecule has 1 rings (SSSR count). The zero-order valence-electron chi connectivity index (χ0n) is 16.1. The highest BCUT2D eigenvalue weighted by atomic mass is 35.5. The number of hydrogen-bond acceptors (Lipinski definition) is 3. The van der Waals surface area contributed by atoms with Gasteiger partial charge >= 0.3 is 6.03 Å². The first-order valence-electron chi connectivity index (χ1n) is 9.06. The largest absolute Gasteiger partial charge is 0.356 e. The lowest BCUT2D eigenvalue weighted by Gasteiger charge is -2.27. The Morgan fingerprint density at radius 1 is 1.15 bits per heavy atom. The average molecular weight is 383 g/mol. The van der Waals surface area contributed by atoms with E-state index in [4.69, 9.17) is 11.6 Å². The van der Waals surface area contributed by atoms with E-state index in [0.717, 1.165) is 12.8 Å². The highest BCUT2D eigenvalue weighted by Crippen LogP contribution is 2.14. The van der Waals surface area contributed by atoms with Gasteiger partial charge in [-0.25, -0.2) is 4.79 Å². The predicted octanol–water partition coefficient (Wildman–Crippen LogP) is 3.52. The molecule has 146 valence electrons. The molecule has 0 aromatic heterocycles. The SMILES string of the molecule is CCCNC(=O)CC(C)NCCC(C)(C)NC(=O)Nc1ccc(Cl)cc1. The third-order valence-electron chi connectivity index (χ3n) is 3.86. The van der Waals surface area contributed by atoms with Gasteiger partial charge in [-0.1, -0.05) is 18.5 Å². The lowest BCUT2D eigenvalue weighted by molar-refractivity contribution is -0.121. The van der Waals surface area contributed by atoms with E-state index in [0.29, 0.717) is 30.2 Å². The summed E-state index contributed by atoms with van der Waals surface area (Å²) in [5.41, 5.74) is 0.306. The maximum Gasteiger partial charge on any atom is 0.319 e. The van der Waals surface area contributed by atoms with Gasteiger partial charge in [0.2, 0.25) is 5.91 Å². The first kappa shape index (κ1) is 22.3. The van der Waals surface area contributed by atoms with Gasteiger partial charge in [0.25, 0.3) is 0 Å². The molecule has 0 fully saturated rings. The number of anilines is 1. The van der Waals surface area contributed by atoms with E-state index in [2.05, 4.69) is 21.3 Å². The Morgan fingerprint density at radius 3 is 2.42 bits per heavy atom. The van der Waals surface area contributed by atoms with Crippen LogP contribution in [0.2, 0.25) is 5.02 Å². The molecule has 0 spiro atoms. The van der Waals surface area contributed by atoms with E-state index >= 15 is 0 Å². The second kappa shape index (κ2) is 11.0. The van der Waals surface area contributed by atoms with Crippen LogP contribution in [0.15, 0.2) is 24.3 Å². The third-order valence-corrected chi connectivity index (χ3v) is 4.11. The first-order chi connectivity index (χ1) is 12.2. The normalized spacial score (nSPS) is 12.3. The van der Waals surface area contributed by atoms with Gasteiger partial charge in [0.15, 0.2) is 0 Å². The molecule has 0 heterocycles. The molecule has 1 aromatic carbocycles. The molecule has 3 amide bonds. The van der Waals surface area contributed by atoms with E-state index in [9.17, 15) is 9.59 Å². The maximum atomic E-state index is 12.1. The standard InChI is InChI=1S/C19H31ClN4O2/c1-5-11-22-17(25)13-14(2)21-12-10-19(3,4)24-18(26)23-16-8-6-15(20)7-9-16/h6-9,14,21H,5,10-13H2,1-4H3,(H,22,25)(H2,23,24,26). The van der Waals surface area contributed by atoms with Crippen molar-refractivity contribution in [1.82, 2.24) is 16.0 Å². The van der Waals surface area contributed by atoms with Crippen LogP contribution in [0.1, 0.15) is 47.0 Å². The van der Waals surface area contributed by atoms with Gasteiger partial charge in [0, 0.05) is 35.3 Å². The molecule has 1 atom stereocenters. The van der Waals surface area contributed by atoms with E-state index in [1.54, 1.807) is 24.3 Å². The van der Waals surface area contributed by atoms with Crippen LogP contribution in [-0.4, -0.2) is 36.6 Å². The summed E-state index contributed by atoms with van der Waals surface area (Å²) in [5.74, 6) is 0.0616. The lowest BCUT2D eigenvalue weighted by Crippen LogP contribution is -2.47. The number of benzene rings is 1. The molecule has 4 N–H and O–H groups in total. The Morgan fingerprint density at radius 2 is 1.81 bits per heavy atom. The summed E-state index contributed by atoms with van der Waals surface area (Å²) < 4.78 is 0. The first-order valence-corrected chi connectivity index (χ1v) is 9.44. The van der Waals surface area contributed by atoms with Gasteiger partial charge in [0.05, 0.1) is 0 Å². The van der Waals surface area contributed by atoms with Crippen LogP contribution in [0.25, 0.3) is 0 Å². The number of halogens is 1. The molecule has 0 saturated heterocycles. The summed E-state index contributed by atoms with van der Waals surface area (Å²) in [6, 6.07) is 6.78. The molecular formula is C19H31ClN4O2. The monoisotopic (exact) mass is 382 g/mol. The van der Waals surface area contributed by atoms with Gasteiger partial charge in [-0.3, -0.25) is 4.79 Å². The maximum absolute atomic E-state index is 12.1. The van der Waals surface area contributed by atoms with E-state index in [1.807, 2.05) is 27.7 Å². The van der Waals surface area contributed by atoms with Gasteiger partial charge < -0.3 is 21.3 Å². The van der Waals surface area contributed by atoms with Crippen LogP contribution in [0.5, 0.6) is 0 Å². The summed E-state index contributed by atoms with van der Waals surface area (Å²) in [6.07, 6.45) is 2.12. The zero-order valence-corrected chi connectivity index (χ0v) is 16.9. The minimum Gasteiger partial charge on any atom is -0.356 e. The topological polar surface area (TPSA) is 82.3 Å². The predicted molar refractivity (Wildman–Crippen MR) is 108 cm³/mol. The third kappa shape index (κ3) is 9.63. The minimum atomic E-state index is -0.381. The van der Waals surface area contributed by atoms with Crippen LogP contribution < -0.4 is 21.3 Å². The van der Waals surface area contributed by atoms with Crippen molar-refractivity contribution in [2.24, 2.45) is 0 Å². The van der Waals surface area contributed by atoms with Gasteiger partial charge in [0.1, 0.15) is 0 Å². The molecular weight excluding hydrogens is 352 g/mol. The van der Waals surface area contributed by atoms with Crippen molar-refractivity contribution >= 4 is 29.2 Å². The molecule has 0 bridgehead atoms. The van der Waals surface area contributed by atoms with E-state index in [1.165, 1.54) is 0 Å². The van der Waals surface area contributed by atoms with Crippen molar-refractivity contribution in [3.05, 3.63) is 29.3 Å². The molecule has 6 nitrogen and oxygen atoms in total. The van der Waals surface area contributed by atoms with E-state index < -0.39 is 0 Å². The van der Waals surface area contributed by atoms with Gasteiger partial charge in [-0.2, -0.15) is 0 Å². The van der Waals surface area contributed by atoms with Crippen LogP contribution in [-0.2, 0) is 4.79 Å². The quantitative estimate of drug-likeness (QED) is 0.499. The number of carbonyl (C=O) groups excluding carboxylic acids is 2. The average Bonchev–Trinajstić information content (AvgIpc) is 2.54. The summed E-state index contributed by atoms with van der Waals surface area (Å²) >= 11 is 5.83. The fraction of sp³-hybridized carbons (Fsp3) is 0.579. The molecule has 26 heavy (non-hydrogen) atoms. The number of amides is 3. The Kier molecular flexibility index (Phi) is 9.44. The van der Waals surface area contributed by atoms with Crippen LogP contribution in [0.4, 0.5) is 10.5 Å². The summed E-state index contributed by atoms with van der Waals surface area (Å²) in [6.45, 7) is 9.37. The van der Waals surface area contributed by atoms with Gasteiger partial charge in [-0.15, -0.1) is 0 Å². The zero-order chi connectivity index (χ0) is 19.6. The van der Waals surface area contributed by atoms with Crippen LogP contribution in [0.3, 0.4) is 0 Å². The molecule has 0 aliphatic carbocycles. The summed E-state index contributed by atoms with van der Waals surface area (Å²) in [4.78, 5) is 23.8. The van der Waals surface area contributed by atoms with Gasteiger partial charge in [-0.05, 0) is 64.4 Å². The number of carbonyl (C=O) groups is 2. The molecule has 0 radical (unpaired) electrons. The van der Waals surface area contributed by atoms with Crippen LogP contribution in [0, 0.1) is 0 Å². The summed E-state index contributed by atoms with van der Waals surface area (Å²) in [5, 5.41) is 12.6. The van der Waals surface area contributed by atoms with Crippen LogP contribution >= 0.6 is 11.6 Å². The smallest absolute Gasteiger partial charge is 0.319 e. The van der Waals surface area contributed by atoms with Crippen molar-refractivity contribution in [2.45, 2.75) is 58.5 Å². The molecule has 0 saturated carbocycles. The minimum absolute atomic E-state index is 0.0616. The number of nitrogens with one attached hydrogen (secondary N) is 4. The number of hydrogen-bond donors (Lipinski definition) is 4. The van der Waals surface area contributed by atoms with E-state index in [-0.39, 0.29) is 23.5 Å². The molecule has 0 aliphatic heterocycles. The lowest BCUT2D eigenvalue weighted by atomic mass is 10.0. The Hall–Kier alpha value is -1.79.